The molecule has 1 aliphatic heterocycles. The Hall–Kier alpha value is -2.18. The molecule has 3 rings (SSSR count). The summed E-state index contributed by atoms with van der Waals surface area (Å²) in [6.45, 7) is 4.95. The minimum absolute atomic E-state index is 0.154. The Balaban J connectivity index is 0.000000228. The van der Waals surface area contributed by atoms with E-state index in [1.807, 2.05) is 14.0 Å². The fourth-order valence-corrected chi connectivity index (χ4v) is 3.73. The third-order valence-electron chi connectivity index (χ3n) is 4.16. The molecule has 0 spiro atoms. The third-order valence-corrected chi connectivity index (χ3v) is 4.95. The summed E-state index contributed by atoms with van der Waals surface area (Å²) in [6.07, 6.45) is 5.09. The molecule has 2 heterocycles. The van der Waals surface area contributed by atoms with Crippen LogP contribution >= 0.6 is 11.8 Å². The van der Waals surface area contributed by atoms with Crippen LogP contribution in [-0.4, -0.2) is 29.2 Å². The molecule has 26 heavy (non-hydrogen) atoms. The number of aromatic nitrogens is 1. The molecule has 6 heteroatoms. The van der Waals surface area contributed by atoms with Crippen molar-refractivity contribution >= 4 is 23.2 Å². The number of nitrogens with two attached hydrogens (primary N) is 1. The van der Waals surface area contributed by atoms with Crippen LogP contribution in [0, 0.1) is 6.92 Å². The summed E-state index contributed by atoms with van der Waals surface area (Å²) >= 11 is 1.64. The Morgan fingerprint density at radius 2 is 2.15 bits per heavy atom. The summed E-state index contributed by atoms with van der Waals surface area (Å²) in [5.74, 6) is 1.04. The number of benzene rings is 1. The quantitative estimate of drug-likeness (QED) is 0.808. The van der Waals surface area contributed by atoms with Gasteiger partial charge >= 0.3 is 0 Å². The molecule has 1 unspecified atom stereocenters. The van der Waals surface area contributed by atoms with Gasteiger partial charge in [0.05, 0.1) is 5.54 Å². The van der Waals surface area contributed by atoms with E-state index in [0.29, 0.717) is 10.7 Å². The van der Waals surface area contributed by atoms with Crippen molar-refractivity contribution in [2.75, 3.05) is 12.8 Å². The number of aldehydes is 1. The highest BCUT2D eigenvalue weighted by molar-refractivity contribution is 8.13. The third kappa shape index (κ3) is 5.68. The molecule has 1 atom stereocenters. The van der Waals surface area contributed by atoms with Crippen LogP contribution in [0.3, 0.4) is 0 Å². The fraction of sp³-hybridized carbons (Fsp3) is 0.350. The highest BCUT2D eigenvalue weighted by Crippen LogP contribution is 2.35. The number of aliphatic imine (C=N–C) groups is 1. The van der Waals surface area contributed by atoms with E-state index in [9.17, 15) is 4.79 Å². The Labute approximate surface area is 159 Å². The number of amidine groups is 1. The minimum Gasteiger partial charge on any atom is -0.379 e. The van der Waals surface area contributed by atoms with Gasteiger partial charge in [0.2, 0.25) is 0 Å². The maximum absolute atomic E-state index is 10.1. The van der Waals surface area contributed by atoms with Gasteiger partial charge < -0.3 is 11.1 Å². The molecule has 0 amide bonds. The maximum atomic E-state index is 10.1. The van der Waals surface area contributed by atoms with Crippen molar-refractivity contribution < 1.29 is 4.79 Å². The first-order valence-corrected chi connectivity index (χ1v) is 9.54. The molecule has 0 saturated heterocycles. The molecular formula is C20H26N4OS. The van der Waals surface area contributed by atoms with E-state index >= 15 is 0 Å². The molecule has 3 N–H and O–H groups in total. The predicted octanol–water partition coefficient (Wildman–Crippen LogP) is 3.28. The normalized spacial score (nSPS) is 19.1. The average Bonchev–Trinajstić information content (AvgIpc) is 2.63. The molecule has 0 radical (unpaired) electrons. The Morgan fingerprint density at radius 3 is 2.77 bits per heavy atom. The van der Waals surface area contributed by atoms with E-state index in [1.54, 1.807) is 30.2 Å². The topological polar surface area (TPSA) is 80.4 Å². The van der Waals surface area contributed by atoms with Gasteiger partial charge in [-0.2, -0.15) is 0 Å². The highest BCUT2D eigenvalue weighted by atomic mass is 32.2. The summed E-state index contributed by atoms with van der Waals surface area (Å²) in [4.78, 5) is 18.6. The number of hydrogen-bond acceptors (Lipinski definition) is 6. The van der Waals surface area contributed by atoms with Crippen LogP contribution in [0.1, 0.15) is 40.4 Å². The maximum Gasteiger partial charge on any atom is 0.154 e. The highest BCUT2D eigenvalue weighted by Gasteiger charge is 2.29. The van der Waals surface area contributed by atoms with Crippen molar-refractivity contribution in [3.8, 4) is 0 Å². The Kier molecular flexibility index (Phi) is 7.36. The molecule has 1 aromatic carbocycles. The number of pyridine rings is 1. The number of hydrogen-bond donors (Lipinski definition) is 2. The first-order chi connectivity index (χ1) is 12.5. The second kappa shape index (κ2) is 9.50. The number of nitrogens with zero attached hydrogens (tertiary/aromatic N) is 2. The summed E-state index contributed by atoms with van der Waals surface area (Å²) in [5.41, 5.74) is 9.89. The lowest BCUT2D eigenvalue weighted by atomic mass is 9.89. The van der Waals surface area contributed by atoms with Crippen LogP contribution in [0.25, 0.3) is 0 Å². The van der Waals surface area contributed by atoms with Crippen molar-refractivity contribution in [1.82, 2.24) is 10.3 Å². The second-order valence-electron chi connectivity index (χ2n) is 6.47. The molecule has 2 aromatic rings. The van der Waals surface area contributed by atoms with Gasteiger partial charge in [-0.25, -0.2) is 0 Å². The van der Waals surface area contributed by atoms with E-state index in [2.05, 4.69) is 46.5 Å². The predicted molar refractivity (Wildman–Crippen MR) is 110 cm³/mol. The van der Waals surface area contributed by atoms with Gasteiger partial charge in [-0.05, 0) is 50.1 Å². The van der Waals surface area contributed by atoms with Crippen LogP contribution in [0.2, 0.25) is 0 Å². The van der Waals surface area contributed by atoms with Gasteiger partial charge in [0, 0.05) is 30.3 Å². The molecule has 0 aliphatic carbocycles. The van der Waals surface area contributed by atoms with Crippen molar-refractivity contribution in [3.63, 3.8) is 0 Å². The Morgan fingerprint density at radius 1 is 1.35 bits per heavy atom. The van der Waals surface area contributed by atoms with E-state index in [4.69, 9.17) is 5.73 Å². The molecule has 0 bridgehead atoms. The molecule has 1 aromatic heterocycles. The number of rotatable bonds is 4. The second-order valence-corrected chi connectivity index (χ2v) is 7.58. The van der Waals surface area contributed by atoms with Crippen molar-refractivity contribution in [2.45, 2.75) is 32.4 Å². The van der Waals surface area contributed by atoms with Crippen LogP contribution in [-0.2, 0) is 12.1 Å². The van der Waals surface area contributed by atoms with Crippen LogP contribution in [0.15, 0.2) is 47.7 Å². The fourth-order valence-electron chi connectivity index (χ4n) is 2.76. The summed E-state index contributed by atoms with van der Waals surface area (Å²) in [5, 5.41) is 3.88. The zero-order valence-electron chi connectivity index (χ0n) is 15.5. The van der Waals surface area contributed by atoms with E-state index < -0.39 is 0 Å². The van der Waals surface area contributed by atoms with Gasteiger partial charge in [0.1, 0.15) is 0 Å². The van der Waals surface area contributed by atoms with Gasteiger partial charge in [-0.15, -0.1) is 0 Å². The molecule has 138 valence electrons. The SMILES string of the molecule is CNCc1cccc(C2(C)CCSC(N)=N2)c1.Cc1cncc(C=O)c1. The molecule has 0 fully saturated rings. The van der Waals surface area contributed by atoms with E-state index in [0.717, 1.165) is 30.6 Å². The van der Waals surface area contributed by atoms with E-state index in [1.165, 1.54) is 11.1 Å². The standard InChI is InChI=1S/C13H19N3S.C7H7NO/c1-13(6-7-17-12(14)16-13)11-5-3-4-10(8-11)9-15-2;1-6-2-7(5-9)4-8-3-6/h3-5,8,15H,6-7,9H2,1-2H3,(H2,14,16);2-5H,1H3. The lowest BCUT2D eigenvalue weighted by molar-refractivity contribution is 0.112. The average molecular weight is 371 g/mol. The first-order valence-electron chi connectivity index (χ1n) is 8.56. The summed E-state index contributed by atoms with van der Waals surface area (Å²) in [6, 6.07) is 10.4. The zero-order chi connectivity index (χ0) is 19.0. The monoisotopic (exact) mass is 370 g/mol. The first kappa shape index (κ1) is 20.1. The molecule has 5 nitrogen and oxygen atoms in total. The largest absolute Gasteiger partial charge is 0.379 e. The van der Waals surface area contributed by atoms with Gasteiger partial charge in [-0.1, -0.05) is 36.0 Å². The molecule has 1 aliphatic rings. The van der Waals surface area contributed by atoms with Gasteiger partial charge in [0.25, 0.3) is 0 Å². The summed E-state index contributed by atoms with van der Waals surface area (Å²) in [7, 11) is 1.96. The van der Waals surface area contributed by atoms with Crippen molar-refractivity contribution in [3.05, 3.63) is 65.0 Å². The number of carbonyl (C=O) groups is 1. The minimum atomic E-state index is -0.154. The lowest BCUT2D eigenvalue weighted by Crippen LogP contribution is -2.28. The van der Waals surface area contributed by atoms with E-state index in [-0.39, 0.29) is 5.54 Å². The number of carbonyl (C=O) groups excluding carboxylic acids is 1. The van der Waals surface area contributed by atoms with Crippen LogP contribution in [0.5, 0.6) is 0 Å². The van der Waals surface area contributed by atoms with Crippen LogP contribution < -0.4 is 11.1 Å². The zero-order valence-corrected chi connectivity index (χ0v) is 16.3. The van der Waals surface area contributed by atoms with Gasteiger partial charge in [0.15, 0.2) is 11.5 Å². The molecule has 0 saturated carbocycles. The smallest absolute Gasteiger partial charge is 0.154 e. The van der Waals surface area contributed by atoms with Crippen molar-refractivity contribution in [2.24, 2.45) is 10.7 Å². The lowest BCUT2D eigenvalue weighted by Gasteiger charge is -2.30. The molecular weight excluding hydrogens is 344 g/mol. The number of nitrogens with one attached hydrogen (secondary N) is 1. The van der Waals surface area contributed by atoms with Gasteiger partial charge in [-0.3, -0.25) is 14.8 Å². The Bertz CT molecular complexity index is 778. The van der Waals surface area contributed by atoms with Crippen LogP contribution in [0.4, 0.5) is 0 Å². The number of aryl methyl sites for hydroxylation is 1. The summed E-state index contributed by atoms with van der Waals surface area (Å²) < 4.78 is 0. The number of thioether (sulfide) groups is 1. The van der Waals surface area contributed by atoms with Crippen molar-refractivity contribution in [1.29, 1.82) is 0 Å².